The summed E-state index contributed by atoms with van der Waals surface area (Å²) in [4.78, 5) is 37.4. The van der Waals surface area contributed by atoms with Crippen molar-refractivity contribution in [1.82, 2.24) is 4.90 Å². The van der Waals surface area contributed by atoms with E-state index < -0.39 is 11.8 Å². The maximum atomic E-state index is 13.4. The molecule has 2 amide bonds. The molecule has 1 atom stereocenters. The van der Waals surface area contributed by atoms with Gasteiger partial charge in [0.25, 0.3) is 0 Å². The number of esters is 1. The molecular weight excluding hydrogens is 315 g/mol. The van der Waals surface area contributed by atoms with Gasteiger partial charge in [0.1, 0.15) is 5.82 Å². The number of benzene rings is 1. The van der Waals surface area contributed by atoms with Crippen molar-refractivity contribution in [1.29, 1.82) is 0 Å². The highest BCUT2D eigenvalue weighted by atomic mass is 19.1. The fourth-order valence-electron chi connectivity index (χ4n) is 2.95. The number of halogens is 1. The van der Waals surface area contributed by atoms with E-state index in [-0.39, 0.29) is 35.5 Å². The summed E-state index contributed by atoms with van der Waals surface area (Å²) in [6.07, 6.45) is 2.74. The summed E-state index contributed by atoms with van der Waals surface area (Å²) in [5.41, 5.74) is 0.149. The van der Waals surface area contributed by atoms with Crippen LogP contribution in [-0.2, 0) is 14.3 Å². The number of carbonyl (C=O) groups is 3. The summed E-state index contributed by atoms with van der Waals surface area (Å²) < 4.78 is 18.1. The van der Waals surface area contributed by atoms with E-state index in [1.807, 2.05) is 0 Å². The van der Waals surface area contributed by atoms with Crippen LogP contribution in [0.5, 0.6) is 0 Å². The molecule has 0 unspecified atom stereocenters. The number of hydrogen-bond donors (Lipinski definition) is 1. The SMILES string of the molecule is COC(=O)c1ccc(F)cc1NC(=O)C[C@H]1CCCCN1C(C)=O. The second kappa shape index (κ2) is 7.90. The van der Waals surface area contributed by atoms with E-state index in [9.17, 15) is 18.8 Å². The molecule has 1 fully saturated rings. The summed E-state index contributed by atoms with van der Waals surface area (Å²) in [7, 11) is 1.21. The second-order valence-corrected chi connectivity index (χ2v) is 5.80. The summed E-state index contributed by atoms with van der Waals surface area (Å²) in [5.74, 6) is -1.66. The molecule has 24 heavy (non-hydrogen) atoms. The quantitative estimate of drug-likeness (QED) is 0.856. The number of likely N-dealkylation sites (tertiary alicyclic amines) is 1. The van der Waals surface area contributed by atoms with Crippen molar-refractivity contribution in [3.05, 3.63) is 29.6 Å². The molecule has 1 aromatic rings. The van der Waals surface area contributed by atoms with Crippen LogP contribution >= 0.6 is 0 Å². The first kappa shape index (κ1) is 17.9. The number of nitrogens with zero attached hydrogens (tertiary/aromatic N) is 1. The maximum absolute atomic E-state index is 13.4. The number of nitrogens with one attached hydrogen (secondary N) is 1. The Hall–Kier alpha value is -2.44. The molecule has 0 aromatic heterocycles. The van der Waals surface area contributed by atoms with Gasteiger partial charge in [-0.3, -0.25) is 9.59 Å². The number of methoxy groups -OCH3 is 1. The molecule has 0 aliphatic carbocycles. The fourth-order valence-corrected chi connectivity index (χ4v) is 2.95. The van der Waals surface area contributed by atoms with Crippen LogP contribution in [-0.4, -0.2) is 42.4 Å². The summed E-state index contributed by atoms with van der Waals surface area (Å²) in [6, 6.07) is 3.29. The highest BCUT2D eigenvalue weighted by Crippen LogP contribution is 2.22. The fraction of sp³-hybridized carbons (Fsp3) is 0.471. The number of hydrogen-bond acceptors (Lipinski definition) is 4. The Labute approximate surface area is 140 Å². The van der Waals surface area contributed by atoms with Crippen LogP contribution in [0.3, 0.4) is 0 Å². The molecule has 2 rings (SSSR count). The summed E-state index contributed by atoms with van der Waals surface area (Å²) in [6.45, 7) is 2.12. The van der Waals surface area contributed by atoms with Gasteiger partial charge in [-0.25, -0.2) is 9.18 Å². The molecule has 1 aliphatic rings. The molecule has 0 saturated carbocycles. The lowest BCUT2D eigenvalue weighted by Crippen LogP contribution is -2.44. The van der Waals surface area contributed by atoms with Gasteiger partial charge in [0.15, 0.2) is 0 Å². The van der Waals surface area contributed by atoms with E-state index in [1.165, 1.54) is 20.1 Å². The smallest absolute Gasteiger partial charge is 0.339 e. The van der Waals surface area contributed by atoms with E-state index in [4.69, 9.17) is 0 Å². The van der Waals surface area contributed by atoms with Crippen molar-refractivity contribution in [2.75, 3.05) is 19.0 Å². The van der Waals surface area contributed by atoms with Crippen LogP contribution in [0, 0.1) is 5.82 Å². The van der Waals surface area contributed by atoms with Gasteiger partial charge in [-0.2, -0.15) is 0 Å². The van der Waals surface area contributed by atoms with Crippen molar-refractivity contribution in [2.45, 2.75) is 38.6 Å². The van der Waals surface area contributed by atoms with E-state index >= 15 is 0 Å². The van der Waals surface area contributed by atoms with Crippen molar-refractivity contribution in [3.8, 4) is 0 Å². The molecule has 1 aliphatic heterocycles. The number of anilines is 1. The van der Waals surface area contributed by atoms with Gasteiger partial charge >= 0.3 is 5.97 Å². The third kappa shape index (κ3) is 4.31. The van der Waals surface area contributed by atoms with Crippen LogP contribution in [0.15, 0.2) is 18.2 Å². The number of rotatable bonds is 4. The van der Waals surface area contributed by atoms with E-state index in [0.29, 0.717) is 6.54 Å². The third-order valence-electron chi connectivity index (χ3n) is 4.11. The predicted molar refractivity (Wildman–Crippen MR) is 86.0 cm³/mol. The van der Waals surface area contributed by atoms with Crippen LogP contribution < -0.4 is 5.32 Å². The highest BCUT2D eigenvalue weighted by molar-refractivity contribution is 6.01. The molecule has 130 valence electrons. The van der Waals surface area contributed by atoms with Gasteiger partial charge < -0.3 is 15.0 Å². The van der Waals surface area contributed by atoms with Crippen LogP contribution in [0.1, 0.15) is 43.0 Å². The number of piperidine rings is 1. The van der Waals surface area contributed by atoms with Gasteiger partial charge in [-0.1, -0.05) is 0 Å². The summed E-state index contributed by atoms with van der Waals surface area (Å²) in [5, 5.41) is 2.56. The first-order valence-corrected chi connectivity index (χ1v) is 7.87. The Morgan fingerprint density at radius 3 is 2.75 bits per heavy atom. The number of amides is 2. The van der Waals surface area contributed by atoms with Crippen LogP contribution in [0.4, 0.5) is 10.1 Å². The van der Waals surface area contributed by atoms with Crippen molar-refractivity contribution in [3.63, 3.8) is 0 Å². The highest BCUT2D eigenvalue weighted by Gasteiger charge is 2.27. The number of ether oxygens (including phenoxy) is 1. The minimum atomic E-state index is -0.659. The van der Waals surface area contributed by atoms with Gasteiger partial charge in [0.2, 0.25) is 11.8 Å². The standard InChI is InChI=1S/C17H21FN2O4/c1-11(21)20-8-4-3-5-13(20)10-16(22)19-15-9-12(18)6-7-14(15)17(23)24-2/h6-7,9,13H,3-5,8,10H2,1-2H3,(H,19,22)/t13-/m1/s1. The van der Waals surface area contributed by atoms with Gasteiger partial charge in [-0.15, -0.1) is 0 Å². The lowest BCUT2D eigenvalue weighted by atomic mass is 9.99. The van der Waals surface area contributed by atoms with Crippen molar-refractivity contribution in [2.24, 2.45) is 0 Å². The topological polar surface area (TPSA) is 75.7 Å². The Morgan fingerprint density at radius 2 is 2.08 bits per heavy atom. The molecule has 6 nitrogen and oxygen atoms in total. The molecule has 0 spiro atoms. The van der Waals surface area contributed by atoms with Gasteiger partial charge in [-0.05, 0) is 37.5 Å². The normalized spacial score (nSPS) is 17.3. The minimum Gasteiger partial charge on any atom is -0.465 e. The monoisotopic (exact) mass is 336 g/mol. The van der Waals surface area contributed by atoms with E-state index in [0.717, 1.165) is 31.4 Å². The van der Waals surface area contributed by atoms with E-state index in [1.54, 1.807) is 4.90 Å². The Morgan fingerprint density at radius 1 is 1.33 bits per heavy atom. The Kier molecular flexibility index (Phi) is 5.89. The first-order valence-electron chi connectivity index (χ1n) is 7.87. The van der Waals surface area contributed by atoms with Crippen molar-refractivity contribution >= 4 is 23.5 Å². The second-order valence-electron chi connectivity index (χ2n) is 5.80. The first-order chi connectivity index (χ1) is 11.4. The molecule has 0 bridgehead atoms. The Bertz CT molecular complexity index is 647. The molecular formula is C17H21FN2O4. The van der Waals surface area contributed by atoms with Gasteiger partial charge in [0, 0.05) is 25.9 Å². The van der Waals surface area contributed by atoms with E-state index in [2.05, 4.69) is 10.1 Å². The lowest BCUT2D eigenvalue weighted by molar-refractivity contribution is -0.133. The average Bonchev–Trinajstić information content (AvgIpc) is 2.54. The minimum absolute atomic E-state index is 0.0616. The molecule has 0 radical (unpaired) electrons. The molecule has 1 heterocycles. The van der Waals surface area contributed by atoms with Crippen LogP contribution in [0.2, 0.25) is 0 Å². The molecule has 1 saturated heterocycles. The zero-order valence-corrected chi connectivity index (χ0v) is 13.8. The largest absolute Gasteiger partial charge is 0.465 e. The van der Waals surface area contributed by atoms with Crippen LogP contribution in [0.25, 0.3) is 0 Å². The third-order valence-corrected chi connectivity index (χ3v) is 4.11. The molecule has 1 N–H and O–H groups in total. The zero-order valence-electron chi connectivity index (χ0n) is 13.8. The maximum Gasteiger partial charge on any atom is 0.339 e. The molecule has 1 aromatic carbocycles. The number of carbonyl (C=O) groups excluding carboxylic acids is 3. The Balaban J connectivity index is 2.10. The zero-order chi connectivity index (χ0) is 17.7. The molecule has 7 heteroatoms. The predicted octanol–water partition coefficient (Wildman–Crippen LogP) is 2.34. The average molecular weight is 336 g/mol. The summed E-state index contributed by atoms with van der Waals surface area (Å²) >= 11 is 0. The lowest BCUT2D eigenvalue weighted by Gasteiger charge is -2.34. The van der Waals surface area contributed by atoms with Crippen molar-refractivity contribution < 1.29 is 23.5 Å². The van der Waals surface area contributed by atoms with Gasteiger partial charge in [0.05, 0.1) is 18.4 Å².